The third kappa shape index (κ3) is 5.49. The van der Waals surface area contributed by atoms with Crippen LogP contribution in [0.5, 0.6) is 17.2 Å². The summed E-state index contributed by atoms with van der Waals surface area (Å²) in [6.07, 6.45) is 3.71. The van der Waals surface area contributed by atoms with Crippen LogP contribution in [0.15, 0.2) is 30.5 Å². The van der Waals surface area contributed by atoms with Gasteiger partial charge in [-0.3, -0.25) is 0 Å². The van der Waals surface area contributed by atoms with Gasteiger partial charge in [-0.2, -0.15) is 0 Å². The molecule has 0 atom stereocenters. The summed E-state index contributed by atoms with van der Waals surface area (Å²) in [5.74, 6) is 2.71. The van der Waals surface area contributed by atoms with Crippen molar-refractivity contribution in [2.45, 2.75) is 18.9 Å². The number of piperidine rings is 1. The zero-order valence-corrected chi connectivity index (χ0v) is 19.6. The molecule has 1 saturated heterocycles. The van der Waals surface area contributed by atoms with Gasteiger partial charge in [-0.25, -0.2) is 15.0 Å². The van der Waals surface area contributed by atoms with Gasteiger partial charge in [0.25, 0.3) is 0 Å². The largest absolute Gasteiger partial charge is 0.493 e. The molecule has 4 rings (SSSR count). The van der Waals surface area contributed by atoms with Gasteiger partial charge in [0, 0.05) is 23.9 Å². The number of hydrogen-bond donors (Lipinski definition) is 4. The Morgan fingerprint density at radius 3 is 2.36 bits per heavy atom. The smallest absolute Gasteiger partial charge is 0.203 e. The van der Waals surface area contributed by atoms with Gasteiger partial charge < -0.3 is 35.5 Å². The number of fused-ring (bicyclic) bond motifs is 1. The van der Waals surface area contributed by atoms with E-state index in [0.717, 1.165) is 25.9 Å². The highest BCUT2D eigenvalue weighted by molar-refractivity contribution is 7.80. The Hall–Kier alpha value is -3.44. The molecule has 0 unspecified atom stereocenters. The molecule has 4 N–H and O–H groups in total. The normalized spacial score (nSPS) is 13.9. The highest BCUT2D eigenvalue weighted by Crippen LogP contribution is 2.40. The highest BCUT2D eigenvalue weighted by atomic mass is 32.1. The number of thiocarbonyl (C=S) groups is 1. The van der Waals surface area contributed by atoms with Crippen molar-refractivity contribution < 1.29 is 14.2 Å². The quantitative estimate of drug-likeness (QED) is 0.383. The van der Waals surface area contributed by atoms with Crippen LogP contribution in [0, 0.1) is 0 Å². The van der Waals surface area contributed by atoms with Crippen molar-refractivity contribution in [3.63, 3.8) is 0 Å². The number of aromatic nitrogens is 3. The van der Waals surface area contributed by atoms with Gasteiger partial charge in [0.1, 0.15) is 11.3 Å². The molecule has 0 radical (unpaired) electrons. The monoisotopic (exact) mass is 469 g/mol. The molecule has 0 bridgehead atoms. The summed E-state index contributed by atoms with van der Waals surface area (Å²) in [4.78, 5) is 13.6. The molecule has 33 heavy (non-hydrogen) atoms. The number of ether oxygens (including phenoxy) is 3. The van der Waals surface area contributed by atoms with Crippen molar-refractivity contribution in [3.8, 4) is 17.2 Å². The van der Waals surface area contributed by atoms with Crippen molar-refractivity contribution in [2.75, 3.05) is 45.1 Å². The number of hydrogen-bond acceptors (Lipinski definition) is 9. The molecule has 0 spiro atoms. The molecule has 174 valence electrons. The molecule has 3 aromatic rings. The van der Waals surface area contributed by atoms with Crippen LogP contribution in [0.25, 0.3) is 11.2 Å². The van der Waals surface area contributed by atoms with Crippen LogP contribution < -0.4 is 35.5 Å². The Morgan fingerprint density at radius 2 is 1.70 bits per heavy atom. The van der Waals surface area contributed by atoms with Crippen LogP contribution in [0.1, 0.15) is 12.8 Å². The van der Waals surface area contributed by atoms with E-state index in [-0.39, 0.29) is 0 Å². The number of benzene rings is 1. The van der Waals surface area contributed by atoms with Crippen molar-refractivity contribution in [2.24, 2.45) is 0 Å². The third-order valence-corrected chi connectivity index (χ3v) is 5.48. The summed E-state index contributed by atoms with van der Waals surface area (Å²) in [5, 5.41) is 13.6. The second kappa shape index (κ2) is 10.5. The lowest BCUT2D eigenvalue weighted by molar-refractivity contribution is 0.324. The predicted molar refractivity (Wildman–Crippen MR) is 132 cm³/mol. The second-order valence-electron chi connectivity index (χ2n) is 7.46. The molecule has 0 saturated carbocycles. The van der Waals surface area contributed by atoms with Gasteiger partial charge >= 0.3 is 0 Å². The van der Waals surface area contributed by atoms with Gasteiger partial charge in [0.15, 0.2) is 28.1 Å². The van der Waals surface area contributed by atoms with Gasteiger partial charge in [-0.15, -0.1) is 0 Å². The molecule has 11 heteroatoms. The minimum absolute atomic E-state index is 0.362. The number of anilines is 3. The first kappa shape index (κ1) is 22.7. The first-order valence-corrected chi connectivity index (χ1v) is 11.0. The lowest BCUT2D eigenvalue weighted by atomic mass is 10.1. The summed E-state index contributed by atoms with van der Waals surface area (Å²) in [5.41, 5.74) is 1.87. The molecule has 10 nitrogen and oxygen atoms in total. The first-order valence-electron chi connectivity index (χ1n) is 10.6. The van der Waals surface area contributed by atoms with Gasteiger partial charge in [0.05, 0.1) is 27.5 Å². The molecule has 2 aromatic heterocycles. The summed E-state index contributed by atoms with van der Waals surface area (Å²) in [6, 6.07) is 7.64. The van der Waals surface area contributed by atoms with Crippen LogP contribution in [-0.4, -0.2) is 60.5 Å². The molecular weight excluding hydrogens is 442 g/mol. The summed E-state index contributed by atoms with van der Waals surface area (Å²) < 4.78 is 16.2. The fraction of sp³-hybridized carbons (Fsp3) is 0.364. The standard InChI is InChI=1S/C22H27N7O3S/c1-30-16-10-14(11-17(31-2)20(16)32-3)25-19-12-24-15-4-5-18(27-21(15)28-19)29-22(33)26-13-6-8-23-9-7-13/h4-5,10-13,23H,6-9H2,1-3H3,(H3,25,26,27,28,29,33). The van der Waals surface area contributed by atoms with Crippen LogP contribution in [0.2, 0.25) is 0 Å². The third-order valence-electron chi connectivity index (χ3n) is 5.26. The lowest BCUT2D eigenvalue weighted by Crippen LogP contribution is -2.44. The second-order valence-corrected chi connectivity index (χ2v) is 7.86. The average molecular weight is 470 g/mol. The topological polar surface area (TPSA) is 114 Å². The molecule has 1 aliphatic heterocycles. The Labute approximate surface area is 197 Å². The zero-order valence-electron chi connectivity index (χ0n) is 18.8. The van der Waals surface area contributed by atoms with Crippen LogP contribution in [-0.2, 0) is 0 Å². The maximum atomic E-state index is 5.45. The van der Waals surface area contributed by atoms with Crippen molar-refractivity contribution in [1.82, 2.24) is 25.6 Å². The van der Waals surface area contributed by atoms with E-state index in [0.29, 0.717) is 56.9 Å². The summed E-state index contributed by atoms with van der Waals surface area (Å²) in [7, 11) is 4.70. The van der Waals surface area contributed by atoms with Crippen molar-refractivity contribution in [3.05, 3.63) is 30.5 Å². The Morgan fingerprint density at radius 1 is 1.00 bits per heavy atom. The Bertz CT molecular complexity index is 1110. The minimum Gasteiger partial charge on any atom is -0.493 e. The minimum atomic E-state index is 0.362. The molecule has 0 aliphatic carbocycles. The van der Waals surface area contributed by atoms with E-state index in [2.05, 4.69) is 36.2 Å². The number of nitrogens with zero attached hydrogens (tertiary/aromatic N) is 3. The maximum absolute atomic E-state index is 5.45. The average Bonchev–Trinajstić information content (AvgIpc) is 2.83. The van der Waals surface area contributed by atoms with Crippen LogP contribution in [0.3, 0.4) is 0 Å². The fourth-order valence-corrected chi connectivity index (χ4v) is 3.90. The Kier molecular flexibility index (Phi) is 7.20. The Balaban J connectivity index is 1.51. The number of methoxy groups -OCH3 is 3. The van der Waals surface area contributed by atoms with E-state index in [1.165, 1.54) is 0 Å². The number of rotatable bonds is 7. The van der Waals surface area contributed by atoms with Crippen molar-refractivity contribution in [1.29, 1.82) is 0 Å². The van der Waals surface area contributed by atoms with Gasteiger partial charge in [-0.05, 0) is 50.3 Å². The predicted octanol–water partition coefficient (Wildman–Crippen LogP) is 2.83. The molecule has 1 aliphatic rings. The molecule has 0 amide bonds. The summed E-state index contributed by atoms with van der Waals surface area (Å²) >= 11 is 5.45. The lowest BCUT2D eigenvalue weighted by Gasteiger charge is -2.25. The molecule has 3 heterocycles. The van der Waals surface area contributed by atoms with E-state index in [4.69, 9.17) is 26.4 Å². The van der Waals surface area contributed by atoms with Crippen LogP contribution >= 0.6 is 12.2 Å². The SMILES string of the molecule is COc1cc(Nc2cnc3ccc(NC(=S)NC4CCNCC4)nc3n2)cc(OC)c1OC. The number of nitrogens with one attached hydrogen (secondary N) is 4. The van der Waals surface area contributed by atoms with E-state index in [1.54, 1.807) is 39.7 Å². The molecular formula is C22H27N7O3S. The van der Waals surface area contributed by atoms with Crippen LogP contribution in [0.4, 0.5) is 17.3 Å². The number of pyridine rings is 1. The van der Waals surface area contributed by atoms with E-state index < -0.39 is 0 Å². The van der Waals surface area contributed by atoms with Gasteiger partial charge in [-0.1, -0.05) is 0 Å². The van der Waals surface area contributed by atoms with E-state index >= 15 is 0 Å². The molecule has 1 fully saturated rings. The van der Waals surface area contributed by atoms with Gasteiger partial charge in [0.2, 0.25) is 5.75 Å². The van der Waals surface area contributed by atoms with Crippen molar-refractivity contribution >= 4 is 45.8 Å². The summed E-state index contributed by atoms with van der Waals surface area (Å²) in [6.45, 7) is 1.98. The first-order chi connectivity index (χ1) is 16.1. The van der Waals surface area contributed by atoms with E-state index in [1.807, 2.05) is 12.1 Å². The highest BCUT2D eigenvalue weighted by Gasteiger charge is 2.15. The fourth-order valence-electron chi connectivity index (χ4n) is 3.63. The van der Waals surface area contributed by atoms with E-state index in [9.17, 15) is 0 Å². The molecule has 1 aromatic carbocycles. The maximum Gasteiger partial charge on any atom is 0.203 e. The zero-order chi connectivity index (χ0) is 23.2.